The molecule has 2 aliphatic rings. The topological polar surface area (TPSA) is 112 Å². The van der Waals surface area contributed by atoms with Gasteiger partial charge in [-0.3, -0.25) is 14.3 Å². The van der Waals surface area contributed by atoms with Crippen LogP contribution in [0.4, 0.5) is 5.69 Å². The molecule has 1 saturated heterocycles. The van der Waals surface area contributed by atoms with Crippen LogP contribution in [0.15, 0.2) is 9.32 Å². The van der Waals surface area contributed by atoms with Gasteiger partial charge in [-0.25, -0.2) is 4.68 Å². The fourth-order valence-corrected chi connectivity index (χ4v) is 5.35. The lowest BCUT2D eigenvalue weighted by molar-refractivity contribution is -0.289. The minimum Gasteiger partial charge on any atom is -0.359 e. The van der Waals surface area contributed by atoms with Gasteiger partial charge in [-0.05, 0) is 44.9 Å². The van der Waals surface area contributed by atoms with Gasteiger partial charge in [-0.1, -0.05) is 45.2 Å². The molecule has 2 aromatic heterocycles. The summed E-state index contributed by atoms with van der Waals surface area (Å²) in [5.41, 5.74) is 1.04. The third-order valence-corrected chi connectivity index (χ3v) is 7.53. The zero-order chi connectivity index (χ0) is 24.8. The van der Waals surface area contributed by atoms with Crippen molar-refractivity contribution in [1.82, 2.24) is 14.5 Å². The number of aliphatic hydroxyl groups is 1. The molecular formula is C25H38N4O5. The second-order valence-electron chi connectivity index (χ2n) is 11.0. The van der Waals surface area contributed by atoms with Gasteiger partial charge in [0.05, 0.1) is 17.8 Å². The van der Waals surface area contributed by atoms with E-state index >= 15 is 0 Å². The molecule has 1 aliphatic carbocycles. The Morgan fingerprint density at radius 3 is 2.47 bits per heavy atom. The van der Waals surface area contributed by atoms with Crippen molar-refractivity contribution in [1.29, 1.82) is 0 Å². The summed E-state index contributed by atoms with van der Waals surface area (Å²) in [6, 6.07) is 0.143. The van der Waals surface area contributed by atoms with E-state index in [4.69, 9.17) is 9.26 Å². The molecule has 0 bridgehead atoms. The number of ether oxygens (including phenoxy) is 1. The van der Waals surface area contributed by atoms with Gasteiger partial charge in [-0.15, -0.1) is 0 Å². The Bertz CT molecular complexity index is 1120. The highest BCUT2D eigenvalue weighted by molar-refractivity contribution is 6.04. The molecule has 1 aliphatic heterocycles. The van der Waals surface area contributed by atoms with E-state index in [9.17, 15) is 14.7 Å². The van der Waals surface area contributed by atoms with Crippen LogP contribution in [-0.4, -0.2) is 31.6 Å². The molecule has 9 nitrogen and oxygen atoms in total. The first-order chi connectivity index (χ1) is 15.9. The first-order valence-corrected chi connectivity index (χ1v) is 12.4. The van der Waals surface area contributed by atoms with Gasteiger partial charge in [0.2, 0.25) is 5.79 Å². The van der Waals surface area contributed by atoms with Crippen molar-refractivity contribution in [2.75, 3.05) is 5.32 Å². The minimum atomic E-state index is -1.64. The molecule has 1 amide bonds. The second-order valence-corrected chi connectivity index (χ2v) is 11.0. The van der Waals surface area contributed by atoms with Crippen LogP contribution in [0.25, 0.3) is 0 Å². The number of nitrogens with zero attached hydrogens (tertiary/aromatic N) is 3. The smallest absolute Gasteiger partial charge is 0.291 e. The predicted octanol–water partition coefficient (Wildman–Crippen LogP) is 4.31. The maximum Gasteiger partial charge on any atom is 0.291 e. The van der Waals surface area contributed by atoms with Gasteiger partial charge in [0, 0.05) is 19.0 Å². The average Bonchev–Trinajstić information content (AvgIpc) is 3.27. The predicted molar refractivity (Wildman–Crippen MR) is 128 cm³/mol. The molecule has 2 atom stereocenters. The summed E-state index contributed by atoms with van der Waals surface area (Å²) in [5.74, 6) is -2.03. The molecule has 0 unspecified atom stereocenters. The van der Waals surface area contributed by atoms with Gasteiger partial charge in [0.15, 0.2) is 11.5 Å². The summed E-state index contributed by atoms with van der Waals surface area (Å²) in [7, 11) is 1.85. The van der Waals surface area contributed by atoms with Crippen LogP contribution >= 0.6 is 0 Å². The number of anilines is 1. The zero-order valence-corrected chi connectivity index (χ0v) is 21.2. The Morgan fingerprint density at radius 1 is 1.15 bits per heavy atom. The van der Waals surface area contributed by atoms with E-state index in [-0.39, 0.29) is 40.3 Å². The highest BCUT2D eigenvalue weighted by Crippen LogP contribution is 2.42. The molecule has 1 saturated carbocycles. The van der Waals surface area contributed by atoms with E-state index in [0.29, 0.717) is 17.7 Å². The summed E-state index contributed by atoms with van der Waals surface area (Å²) in [5, 5.41) is 18.0. The number of carbonyl (C=O) groups is 1. The molecule has 4 rings (SSSR count). The Balaban J connectivity index is 1.58. The first kappa shape index (κ1) is 24.7. The number of hydrogen-bond acceptors (Lipinski definition) is 6. The maximum atomic E-state index is 13.2. The lowest BCUT2D eigenvalue weighted by Crippen LogP contribution is -2.43. The summed E-state index contributed by atoms with van der Waals surface area (Å²) < 4.78 is 15.1. The van der Waals surface area contributed by atoms with Crippen LogP contribution in [0.2, 0.25) is 0 Å². The van der Waals surface area contributed by atoms with Crippen molar-refractivity contribution < 1.29 is 19.2 Å². The van der Waals surface area contributed by atoms with Crippen LogP contribution < -0.4 is 10.9 Å². The summed E-state index contributed by atoms with van der Waals surface area (Å²) in [6.45, 7) is 9.71. The van der Waals surface area contributed by atoms with Crippen LogP contribution in [0.3, 0.4) is 0 Å². The summed E-state index contributed by atoms with van der Waals surface area (Å²) >= 11 is 0. The molecule has 9 heteroatoms. The molecule has 0 radical (unpaired) electrons. The van der Waals surface area contributed by atoms with Gasteiger partial charge >= 0.3 is 0 Å². The fourth-order valence-electron chi connectivity index (χ4n) is 5.35. The third-order valence-electron chi connectivity index (χ3n) is 7.53. The van der Waals surface area contributed by atoms with E-state index in [1.807, 2.05) is 18.7 Å². The number of hydrogen-bond donors (Lipinski definition) is 2. The molecule has 2 fully saturated rings. The molecule has 34 heavy (non-hydrogen) atoms. The Morgan fingerprint density at radius 2 is 1.82 bits per heavy atom. The lowest BCUT2D eigenvalue weighted by atomic mass is 9.83. The summed E-state index contributed by atoms with van der Waals surface area (Å²) in [6.07, 6.45) is 7.14. The normalized spacial score (nSPS) is 24.4. The Kier molecular flexibility index (Phi) is 6.54. The van der Waals surface area contributed by atoms with Crippen molar-refractivity contribution in [3.05, 3.63) is 33.1 Å². The molecular weight excluding hydrogens is 436 g/mol. The van der Waals surface area contributed by atoms with Crippen molar-refractivity contribution >= 4 is 11.6 Å². The number of rotatable bonds is 4. The average molecular weight is 475 g/mol. The van der Waals surface area contributed by atoms with E-state index in [2.05, 4.69) is 31.2 Å². The highest BCUT2D eigenvalue weighted by atomic mass is 16.6. The third kappa shape index (κ3) is 4.35. The van der Waals surface area contributed by atoms with Crippen molar-refractivity contribution in [3.8, 4) is 0 Å². The second kappa shape index (κ2) is 9.00. The quantitative estimate of drug-likeness (QED) is 0.683. The van der Waals surface area contributed by atoms with Gasteiger partial charge < -0.3 is 19.7 Å². The first-order valence-electron chi connectivity index (χ1n) is 12.4. The fraction of sp³-hybridized carbons (Fsp3) is 0.720. The molecule has 0 spiro atoms. The van der Waals surface area contributed by atoms with E-state index in [1.54, 1.807) is 11.6 Å². The molecule has 2 N–H and O–H groups in total. The molecule has 188 valence electrons. The van der Waals surface area contributed by atoms with Gasteiger partial charge in [-0.2, -0.15) is 0 Å². The molecule has 2 aromatic rings. The van der Waals surface area contributed by atoms with Crippen LogP contribution in [-0.2, 0) is 17.6 Å². The standard InChI is InChI=1S/C25H38N4O5/c1-15-19(27-34-21(15)25(32)14-10-13-18(33-25)24(3,4)5)22(30)26-20-16(2)28(6)29(23(20)31)17-11-8-7-9-12-17/h17-18,32H,7-14H2,1-6H3,(H,26,30)/t18-,25-/m0/s1. The van der Waals surface area contributed by atoms with Crippen molar-refractivity contribution in [2.45, 2.75) is 104 Å². The van der Waals surface area contributed by atoms with E-state index in [0.717, 1.165) is 38.5 Å². The largest absolute Gasteiger partial charge is 0.359 e. The summed E-state index contributed by atoms with van der Waals surface area (Å²) in [4.78, 5) is 26.4. The zero-order valence-electron chi connectivity index (χ0n) is 21.2. The Hall–Kier alpha value is -2.39. The van der Waals surface area contributed by atoms with Crippen LogP contribution in [0.5, 0.6) is 0 Å². The monoisotopic (exact) mass is 474 g/mol. The van der Waals surface area contributed by atoms with E-state index < -0.39 is 11.7 Å². The lowest BCUT2D eigenvalue weighted by Gasteiger charge is -2.41. The maximum absolute atomic E-state index is 13.2. The van der Waals surface area contributed by atoms with Crippen LogP contribution in [0.1, 0.15) is 106 Å². The number of aromatic nitrogens is 3. The van der Waals surface area contributed by atoms with Gasteiger partial charge in [0.1, 0.15) is 5.69 Å². The SMILES string of the molecule is Cc1c(C(=O)Nc2c(C)n(C)n(C3CCCCC3)c2=O)noc1[C@]1(O)CCC[C@@H](C(C)(C)C)O1. The van der Waals surface area contributed by atoms with E-state index in [1.165, 1.54) is 6.42 Å². The minimum absolute atomic E-state index is 0.0387. The van der Waals surface area contributed by atoms with Crippen molar-refractivity contribution in [2.24, 2.45) is 12.5 Å². The molecule has 3 heterocycles. The number of carbonyl (C=O) groups excluding carboxylic acids is 1. The Labute approximate surface area is 200 Å². The molecule has 0 aromatic carbocycles. The number of amides is 1. The highest BCUT2D eigenvalue weighted by Gasteiger charge is 2.45. The van der Waals surface area contributed by atoms with Crippen molar-refractivity contribution in [3.63, 3.8) is 0 Å². The number of nitrogens with one attached hydrogen (secondary N) is 1. The van der Waals surface area contributed by atoms with Crippen LogP contribution in [0, 0.1) is 19.3 Å². The van der Waals surface area contributed by atoms with Gasteiger partial charge in [0.25, 0.3) is 11.5 Å².